The van der Waals surface area contributed by atoms with Crippen molar-refractivity contribution in [3.05, 3.63) is 84.3 Å². The Balaban J connectivity index is 1.62. The van der Waals surface area contributed by atoms with E-state index in [1.54, 1.807) is 43.4 Å². The van der Waals surface area contributed by atoms with Crippen LogP contribution >= 0.6 is 0 Å². The summed E-state index contributed by atoms with van der Waals surface area (Å²) in [6.45, 7) is 4.77. The van der Waals surface area contributed by atoms with E-state index in [2.05, 4.69) is 32.4 Å². The van der Waals surface area contributed by atoms with Crippen LogP contribution in [-0.4, -0.2) is 70.0 Å². The predicted molar refractivity (Wildman–Crippen MR) is 177 cm³/mol. The summed E-state index contributed by atoms with van der Waals surface area (Å²) in [5, 5.41) is 42.9. The Bertz CT molecular complexity index is 2100. The zero-order valence-electron chi connectivity index (χ0n) is 25.2. The molecule has 0 bridgehead atoms. The SMILES string of the molecule is C=CS(=O)(=O)CCN(C)C(=O)c1cccc(/N=N/c2c(NC)ccc3c(O)c(/N=N/c4ccc(S(=O)(=O)CC)cc4O)ccc23)c1. The van der Waals surface area contributed by atoms with E-state index in [1.165, 1.54) is 43.1 Å². The highest BCUT2D eigenvalue weighted by Crippen LogP contribution is 2.43. The van der Waals surface area contributed by atoms with Gasteiger partial charge >= 0.3 is 0 Å². The predicted octanol–water partition coefficient (Wildman–Crippen LogP) is 6.55. The highest BCUT2D eigenvalue weighted by atomic mass is 32.2. The Labute approximate surface area is 266 Å². The van der Waals surface area contributed by atoms with Crippen molar-refractivity contribution in [3.63, 3.8) is 0 Å². The summed E-state index contributed by atoms with van der Waals surface area (Å²) in [4.78, 5) is 14.2. The molecular formula is C31H32N6O7S2. The number of benzene rings is 4. The Morgan fingerprint density at radius 1 is 0.913 bits per heavy atom. The molecule has 1 amide bonds. The number of sulfone groups is 2. The van der Waals surface area contributed by atoms with Gasteiger partial charge in [0.1, 0.15) is 22.8 Å². The van der Waals surface area contributed by atoms with Crippen LogP contribution in [0.25, 0.3) is 10.8 Å². The number of anilines is 1. The quantitative estimate of drug-likeness (QED) is 0.142. The molecule has 4 rings (SSSR count). The van der Waals surface area contributed by atoms with E-state index in [9.17, 15) is 31.8 Å². The smallest absolute Gasteiger partial charge is 0.253 e. The van der Waals surface area contributed by atoms with E-state index >= 15 is 0 Å². The van der Waals surface area contributed by atoms with E-state index in [-0.39, 0.29) is 51.7 Å². The standard InChI is InChI=1S/C31H32N6O7S2/c1-5-45(41,42)17-16-37(4)31(40)20-8-7-9-21(18-20)33-36-29-23-11-15-27(30(39)24(23)12-14-26(29)32-3)35-34-25-13-10-22(19-28(25)38)46(43,44)6-2/h5,7-15,18-19,32,38-39H,1,6,16-17H2,2-4H3/b35-34+,36-33+. The first-order valence-corrected chi connectivity index (χ1v) is 17.2. The van der Waals surface area contributed by atoms with Crippen molar-refractivity contribution in [2.75, 3.05) is 37.5 Å². The molecule has 0 saturated carbocycles. The minimum atomic E-state index is -3.52. The normalized spacial score (nSPS) is 12.2. The van der Waals surface area contributed by atoms with Crippen LogP contribution in [0.5, 0.6) is 11.5 Å². The van der Waals surface area contributed by atoms with Gasteiger partial charge in [0.2, 0.25) is 0 Å². The molecule has 0 aliphatic carbocycles. The van der Waals surface area contributed by atoms with Gasteiger partial charge in [0.25, 0.3) is 5.91 Å². The van der Waals surface area contributed by atoms with Crippen LogP contribution in [0, 0.1) is 0 Å². The number of phenols is 2. The maximum Gasteiger partial charge on any atom is 0.253 e. The van der Waals surface area contributed by atoms with Crippen LogP contribution in [0.15, 0.2) is 104 Å². The molecule has 0 unspecified atom stereocenters. The molecule has 0 aliphatic rings. The fourth-order valence-electron chi connectivity index (χ4n) is 4.29. The third-order valence-corrected chi connectivity index (χ3v) is 10.0. The van der Waals surface area contributed by atoms with Gasteiger partial charge in [-0.25, -0.2) is 16.8 Å². The van der Waals surface area contributed by atoms with Gasteiger partial charge in [-0.15, -0.1) is 15.3 Å². The van der Waals surface area contributed by atoms with Crippen molar-refractivity contribution in [3.8, 4) is 11.5 Å². The molecule has 46 heavy (non-hydrogen) atoms. The van der Waals surface area contributed by atoms with Gasteiger partial charge in [0.05, 0.1) is 27.8 Å². The second-order valence-electron chi connectivity index (χ2n) is 10.0. The molecule has 0 atom stereocenters. The highest BCUT2D eigenvalue weighted by molar-refractivity contribution is 7.94. The molecule has 4 aromatic carbocycles. The number of aromatic hydroxyl groups is 2. The van der Waals surface area contributed by atoms with E-state index < -0.39 is 19.7 Å². The first-order valence-electron chi connectivity index (χ1n) is 13.9. The van der Waals surface area contributed by atoms with Crippen molar-refractivity contribution in [2.24, 2.45) is 20.5 Å². The summed E-state index contributed by atoms with van der Waals surface area (Å²) < 4.78 is 47.6. The van der Waals surface area contributed by atoms with Crippen LogP contribution in [0.1, 0.15) is 17.3 Å². The Morgan fingerprint density at radius 2 is 1.61 bits per heavy atom. The van der Waals surface area contributed by atoms with Gasteiger partial charge in [-0.2, -0.15) is 5.11 Å². The van der Waals surface area contributed by atoms with Crippen molar-refractivity contribution in [2.45, 2.75) is 11.8 Å². The average Bonchev–Trinajstić information content (AvgIpc) is 3.05. The molecule has 0 spiro atoms. The van der Waals surface area contributed by atoms with Crippen LogP contribution in [0.2, 0.25) is 0 Å². The molecule has 15 heteroatoms. The van der Waals surface area contributed by atoms with Crippen LogP contribution in [-0.2, 0) is 19.7 Å². The number of fused-ring (bicyclic) bond motifs is 1. The lowest BCUT2D eigenvalue weighted by atomic mass is 10.1. The van der Waals surface area contributed by atoms with Crippen LogP contribution in [0.4, 0.5) is 28.4 Å². The Morgan fingerprint density at radius 3 is 2.28 bits per heavy atom. The molecule has 0 aromatic heterocycles. The van der Waals surface area contributed by atoms with Crippen molar-refractivity contribution < 1.29 is 31.8 Å². The number of phenolic OH excluding ortho intramolecular Hbond substituents is 2. The fraction of sp³-hybridized carbons (Fsp3) is 0.194. The summed E-state index contributed by atoms with van der Waals surface area (Å²) >= 11 is 0. The first kappa shape index (κ1) is 33.7. The molecule has 0 heterocycles. The summed E-state index contributed by atoms with van der Waals surface area (Å²) in [7, 11) is -3.77. The minimum Gasteiger partial charge on any atom is -0.506 e. The monoisotopic (exact) mass is 664 g/mol. The maximum absolute atomic E-state index is 12.9. The topological polar surface area (TPSA) is 191 Å². The lowest BCUT2D eigenvalue weighted by Gasteiger charge is -2.16. The molecule has 0 fully saturated rings. The largest absolute Gasteiger partial charge is 0.506 e. The number of nitrogens with one attached hydrogen (secondary N) is 1. The fourth-order valence-corrected chi connectivity index (χ4v) is 5.88. The number of rotatable bonds is 12. The van der Waals surface area contributed by atoms with Gasteiger partial charge < -0.3 is 20.4 Å². The number of amides is 1. The number of nitrogens with zero attached hydrogens (tertiary/aromatic N) is 5. The molecular weight excluding hydrogens is 633 g/mol. The third kappa shape index (κ3) is 7.55. The van der Waals surface area contributed by atoms with E-state index in [0.29, 0.717) is 33.4 Å². The van der Waals surface area contributed by atoms with Gasteiger partial charge in [-0.1, -0.05) is 19.6 Å². The van der Waals surface area contributed by atoms with Gasteiger partial charge in [-0.3, -0.25) is 4.79 Å². The number of carbonyl (C=O) groups is 1. The zero-order chi connectivity index (χ0) is 33.6. The van der Waals surface area contributed by atoms with Crippen molar-refractivity contribution in [1.29, 1.82) is 0 Å². The number of carbonyl (C=O) groups excluding carboxylic acids is 1. The lowest BCUT2D eigenvalue weighted by Crippen LogP contribution is -2.31. The lowest BCUT2D eigenvalue weighted by molar-refractivity contribution is 0.0803. The van der Waals surface area contributed by atoms with Crippen molar-refractivity contribution in [1.82, 2.24) is 4.90 Å². The molecule has 4 aromatic rings. The van der Waals surface area contributed by atoms with E-state index in [0.717, 1.165) is 11.5 Å². The molecule has 240 valence electrons. The minimum absolute atomic E-state index is 0.0117. The summed E-state index contributed by atoms with van der Waals surface area (Å²) in [5.41, 5.74) is 1.77. The molecule has 0 saturated heterocycles. The number of hydrogen-bond acceptors (Lipinski definition) is 12. The summed E-state index contributed by atoms with van der Waals surface area (Å²) in [6, 6.07) is 16.7. The Hall–Kier alpha value is -5.15. The first-order chi connectivity index (χ1) is 21.8. The summed E-state index contributed by atoms with van der Waals surface area (Å²) in [5.74, 6) is -1.34. The number of azo groups is 2. The molecule has 0 radical (unpaired) electrons. The van der Waals surface area contributed by atoms with E-state index in [4.69, 9.17) is 0 Å². The number of hydrogen-bond donors (Lipinski definition) is 3. The zero-order valence-corrected chi connectivity index (χ0v) is 26.9. The molecule has 3 N–H and O–H groups in total. The maximum atomic E-state index is 12.9. The van der Waals surface area contributed by atoms with Crippen molar-refractivity contribution >= 4 is 64.8 Å². The highest BCUT2D eigenvalue weighted by Gasteiger charge is 2.17. The average molecular weight is 665 g/mol. The van der Waals surface area contributed by atoms with Gasteiger partial charge in [0, 0.05) is 48.5 Å². The van der Waals surface area contributed by atoms with E-state index in [1.807, 2.05) is 0 Å². The Kier molecular flexibility index (Phi) is 10.2. The van der Waals surface area contributed by atoms with Crippen LogP contribution < -0.4 is 5.32 Å². The summed E-state index contributed by atoms with van der Waals surface area (Å²) in [6.07, 6.45) is 0. The second kappa shape index (κ2) is 13.9. The van der Waals surface area contributed by atoms with Gasteiger partial charge in [0.15, 0.2) is 25.4 Å². The third-order valence-electron chi connectivity index (χ3n) is 7.01. The van der Waals surface area contributed by atoms with Gasteiger partial charge in [-0.05, 0) is 54.6 Å². The molecule has 13 nitrogen and oxygen atoms in total. The second-order valence-corrected chi connectivity index (χ2v) is 14.4. The van der Waals surface area contributed by atoms with Crippen LogP contribution in [0.3, 0.4) is 0 Å². The molecule has 0 aliphatic heterocycles.